The minimum absolute atomic E-state index is 0. The van der Waals surface area contributed by atoms with Gasteiger partial charge in [0.2, 0.25) is 0 Å². The third-order valence-corrected chi connectivity index (χ3v) is 13.7. The molecule has 0 unspecified atom stereocenters. The quantitative estimate of drug-likeness (QED) is 0.0512. The Morgan fingerprint density at radius 1 is 0.240 bits per heavy atom. The number of nitrogens with one attached hydrogen (secondary N) is 1. The first-order chi connectivity index (χ1) is 33.4. The molecule has 0 bridgehead atoms. The maximum atomic E-state index is 2.59. The summed E-state index contributed by atoms with van der Waals surface area (Å²) in [5.74, 6) is 0. The molecule has 0 amide bonds. The van der Waals surface area contributed by atoms with Crippen molar-refractivity contribution in [2.24, 2.45) is 0 Å². The monoisotopic (exact) mass is 1250 g/mol. The van der Waals surface area contributed by atoms with Gasteiger partial charge in [-0.15, -0.1) is 0 Å². The standard InChI is InChI=1S/C62H92N6.6ClH.Sb/c1-9-17-45-63(46-18-10-2)53-25-33-57(34-26-53)67(58-35-27-54(28-36-58)64(47-19-11-3)48-20-12-4)61-41-43-62(44-42-61)68(59-37-29-55(30-38-59)65(49-21-13-5)50-22-14-6)60-39-31-56(32-40-60)66(51-23-15-7)52-24-16-8;;;;;;;/h25-44H,9-24,45-52H2,1-8H3;6*1H;/q;;;;;;;+5/p-5. The number of hydrogen-bond donors (Lipinski definition) is 1. The molecule has 0 atom stereocenters. The summed E-state index contributed by atoms with van der Waals surface area (Å²) in [6.45, 7) is 27.2. The van der Waals surface area contributed by atoms with Gasteiger partial charge in [-0.2, -0.15) is 0 Å². The molecular formula is C62H93Cl6N6Sb. The second-order valence-corrected chi connectivity index (χ2v) is 19.2. The first-order valence-electron chi connectivity index (χ1n) is 27.6. The number of hydrogen-bond acceptors (Lipinski definition) is 5. The van der Waals surface area contributed by atoms with Crippen LogP contribution in [0.3, 0.4) is 0 Å². The number of rotatable bonds is 34. The molecule has 0 aliphatic carbocycles. The fourth-order valence-electron chi connectivity index (χ4n) is 9.30. The number of anilines is 7. The van der Waals surface area contributed by atoms with Gasteiger partial charge in [0.15, 0.2) is 0 Å². The van der Waals surface area contributed by atoms with Crippen LogP contribution in [0.1, 0.15) is 158 Å². The van der Waals surface area contributed by atoms with Crippen molar-refractivity contribution >= 4 is 81.3 Å². The summed E-state index contributed by atoms with van der Waals surface area (Å²) >= 11 is 0. The van der Waals surface area contributed by atoms with Gasteiger partial charge in [0, 0.05) is 129 Å². The van der Waals surface area contributed by atoms with E-state index >= 15 is 0 Å². The normalized spacial score (nSPS) is 10.3. The zero-order chi connectivity index (χ0) is 48.4. The van der Waals surface area contributed by atoms with E-state index in [2.05, 4.69) is 201 Å². The summed E-state index contributed by atoms with van der Waals surface area (Å²) in [5.41, 5.74) is 12.5. The molecule has 0 fully saturated rings. The molecule has 0 saturated carbocycles. The van der Waals surface area contributed by atoms with Gasteiger partial charge in [-0.1, -0.05) is 107 Å². The largest absolute Gasteiger partial charge is 5.00 e. The van der Waals surface area contributed by atoms with Crippen molar-refractivity contribution in [1.82, 2.24) is 0 Å². The zero-order valence-corrected chi connectivity index (χ0v) is 54.1. The molecule has 0 heterocycles. The summed E-state index contributed by atoms with van der Waals surface area (Å²) in [6, 6.07) is 47.1. The van der Waals surface area contributed by atoms with E-state index in [1.807, 2.05) is 0 Å². The second-order valence-electron chi connectivity index (χ2n) is 19.2. The summed E-state index contributed by atoms with van der Waals surface area (Å²) < 4.78 is 0. The number of halogens is 6. The third-order valence-electron chi connectivity index (χ3n) is 13.7. The van der Waals surface area contributed by atoms with Gasteiger partial charge in [0.25, 0.3) is 0 Å². The first kappa shape index (κ1) is 76.9. The van der Waals surface area contributed by atoms with E-state index < -0.39 is 0 Å². The molecule has 6 nitrogen and oxygen atoms in total. The van der Waals surface area contributed by atoms with Crippen molar-refractivity contribution < 1.29 is 79.3 Å². The van der Waals surface area contributed by atoms with Crippen LogP contribution < -0.4 is 104 Å². The van der Waals surface area contributed by atoms with Gasteiger partial charge in [-0.3, -0.25) is 0 Å². The Morgan fingerprint density at radius 3 is 0.560 bits per heavy atom. The van der Waals surface area contributed by atoms with Crippen LogP contribution in [0.5, 0.6) is 0 Å². The van der Waals surface area contributed by atoms with Gasteiger partial charge in [-0.25, -0.2) is 4.90 Å². The van der Waals surface area contributed by atoms with Crippen molar-refractivity contribution in [1.29, 1.82) is 0 Å². The van der Waals surface area contributed by atoms with Crippen molar-refractivity contribution in [2.75, 3.05) is 76.9 Å². The van der Waals surface area contributed by atoms with Crippen LogP contribution >= 0.6 is 0 Å². The van der Waals surface area contributed by atoms with Crippen LogP contribution in [-0.2, 0) is 0 Å². The van der Waals surface area contributed by atoms with E-state index in [-0.39, 0.29) is 98.9 Å². The fraction of sp³-hybridized carbons (Fsp3) is 0.516. The summed E-state index contributed by atoms with van der Waals surface area (Å²) in [6.07, 6.45) is 19.4. The Balaban J connectivity index is -0.00000741. The van der Waals surface area contributed by atoms with E-state index in [0.717, 1.165) is 58.0 Å². The molecule has 0 spiro atoms. The summed E-state index contributed by atoms with van der Waals surface area (Å²) in [4.78, 5) is 14.1. The number of benzene rings is 5. The van der Waals surface area contributed by atoms with Crippen LogP contribution in [0.4, 0.5) is 56.9 Å². The Kier molecular flexibility index (Phi) is 45.6. The van der Waals surface area contributed by atoms with Gasteiger partial charge in [0.1, 0.15) is 17.1 Å². The Morgan fingerprint density at radius 2 is 0.387 bits per heavy atom. The molecule has 0 aliphatic heterocycles. The average Bonchev–Trinajstić information content (AvgIpc) is 3.38. The van der Waals surface area contributed by atoms with E-state index in [9.17, 15) is 0 Å². The zero-order valence-electron chi connectivity index (χ0n) is 47.0. The topological polar surface area (TPSA) is 20.6 Å². The van der Waals surface area contributed by atoms with Crippen molar-refractivity contribution in [3.63, 3.8) is 0 Å². The molecule has 1 N–H and O–H groups in total. The smallest absolute Gasteiger partial charge is 1.00 e. The molecule has 0 aliphatic rings. The fourth-order valence-corrected chi connectivity index (χ4v) is 9.30. The Labute approximate surface area is 512 Å². The average molecular weight is 1260 g/mol. The molecule has 5 aromatic rings. The molecule has 418 valence electrons. The first-order valence-corrected chi connectivity index (χ1v) is 27.6. The Bertz CT molecular complexity index is 1770. The van der Waals surface area contributed by atoms with E-state index in [0.29, 0.717) is 0 Å². The Hall–Kier alpha value is -2.38. The summed E-state index contributed by atoms with van der Waals surface area (Å²) in [7, 11) is 0. The van der Waals surface area contributed by atoms with E-state index in [1.165, 1.54) is 159 Å². The molecule has 13 heteroatoms. The van der Waals surface area contributed by atoms with E-state index in [4.69, 9.17) is 0 Å². The van der Waals surface area contributed by atoms with Crippen molar-refractivity contribution in [2.45, 2.75) is 158 Å². The van der Waals surface area contributed by atoms with Gasteiger partial charge >= 0.3 is 24.4 Å². The molecule has 0 aromatic heterocycles. The maximum absolute atomic E-state index is 2.59. The van der Waals surface area contributed by atoms with Crippen molar-refractivity contribution in [3.8, 4) is 0 Å². The molecule has 5 aromatic carbocycles. The SMILES string of the molecule is CCCCN(CCCC)c1ccc(N(c2ccc(N(CCCC)CCCC)cc2)c2ccc([NH+](c3ccc(N(CCCC)CCCC)cc3)c3ccc(N(CCCC)CCCC)cc3)cc2)cc1.[Cl-].[Cl-].[Cl-].[Cl-].[Cl-].[Cl-].[Sb+5]. The predicted octanol–water partition coefficient (Wildman–Crippen LogP) is -1.39. The van der Waals surface area contributed by atoms with Crippen LogP contribution in [0.15, 0.2) is 121 Å². The molecular weight excluding hydrogens is 1160 g/mol. The third kappa shape index (κ3) is 24.3. The molecule has 5 rings (SSSR count). The number of quaternary nitrogens is 1. The maximum Gasteiger partial charge on any atom is 5.00 e. The van der Waals surface area contributed by atoms with Crippen LogP contribution in [0, 0.1) is 0 Å². The van der Waals surface area contributed by atoms with Gasteiger partial charge in [-0.05, 0) is 136 Å². The van der Waals surface area contributed by atoms with E-state index in [1.54, 1.807) is 0 Å². The predicted molar refractivity (Wildman–Crippen MR) is 308 cm³/mol. The minimum Gasteiger partial charge on any atom is -1.00 e. The molecule has 75 heavy (non-hydrogen) atoms. The van der Waals surface area contributed by atoms with Crippen LogP contribution in [0.2, 0.25) is 0 Å². The number of unbranched alkanes of at least 4 members (excludes halogenated alkanes) is 8. The van der Waals surface area contributed by atoms with Crippen molar-refractivity contribution in [3.05, 3.63) is 121 Å². The number of nitrogens with zero attached hydrogens (tertiary/aromatic N) is 5. The molecule has 0 radical (unpaired) electrons. The summed E-state index contributed by atoms with van der Waals surface area (Å²) in [5, 5.41) is 0. The molecule has 0 saturated heterocycles. The van der Waals surface area contributed by atoms with Crippen LogP contribution in [0.25, 0.3) is 0 Å². The van der Waals surface area contributed by atoms with Gasteiger partial charge < -0.3 is 98.9 Å². The van der Waals surface area contributed by atoms with Gasteiger partial charge in [0.05, 0.1) is 0 Å². The minimum atomic E-state index is 0. The second kappa shape index (κ2) is 44.5. The van der Waals surface area contributed by atoms with Crippen LogP contribution in [-0.4, -0.2) is 76.8 Å².